The Labute approximate surface area is 111 Å². The summed E-state index contributed by atoms with van der Waals surface area (Å²) in [6.45, 7) is 0. The topological polar surface area (TPSA) is 12.0 Å². The van der Waals surface area contributed by atoms with Crippen molar-refractivity contribution in [3.05, 3.63) is 33.3 Å². The lowest BCUT2D eigenvalue weighted by molar-refractivity contribution is 0.266. The summed E-state index contributed by atoms with van der Waals surface area (Å²) in [7, 11) is 2.02. The Morgan fingerprint density at radius 1 is 1.50 bits per heavy atom. The fourth-order valence-corrected chi connectivity index (χ4v) is 3.05. The molecule has 0 amide bonds. The van der Waals surface area contributed by atoms with Gasteiger partial charge in [-0.1, -0.05) is 52.9 Å². The van der Waals surface area contributed by atoms with Crippen LogP contribution in [-0.2, 0) is 0 Å². The van der Waals surface area contributed by atoms with Crippen molar-refractivity contribution in [3.8, 4) is 0 Å². The van der Waals surface area contributed by atoms with Crippen molar-refractivity contribution < 1.29 is 0 Å². The Morgan fingerprint density at radius 2 is 2.25 bits per heavy atom. The zero-order valence-corrected chi connectivity index (χ0v) is 11.8. The van der Waals surface area contributed by atoms with Crippen molar-refractivity contribution in [2.45, 2.75) is 31.7 Å². The van der Waals surface area contributed by atoms with Crippen LogP contribution in [0.2, 0.25) is 5.02 Å². The van der Waals surface area contributed by atoms with E-state index in [0.717, 1.165) is 15.4 Å². The first kappa shape index (κ1) is 12.4. The summed E-state index contributed by atoms with van der Waals surface area (Å²) in [5.41, 5.74) is 1.22. The smallest absolute Gasteiger partial charge is 0.0465 e. The minimum atomic E-state index is 0.394. The number of hydrogen-bond acceptors (Lipinski definition) is 1. The first-order valence-electron chi connectivity index (χ1n) is 5.83. The van der Waals surface area contributed by atoms with Gasteiger partial charge in [0.15, 0.2) is 0 Å². The highest BCUT2D eigenvalue weighted by Gasteiger charge is 2.23. The molecular formula is C13H17BrClN. The minimum absolute atomic E-state index is 0.394. The molecule has 1 unspecified atom stereocenters. The van der Waals surface area contributed by atoms with Crippen LogP contribution in [-0.4, -0.2) is 7.05 Å². The standard InChI is InChI=1S/C13H17BrClN/c1-16-13(7-9-3-2-4-9)11-6-5-10(14)8-12(11)15/h5-6,8-9,13,16H,2-4,7H2,1H3. The van der Waals surface area contributed by atoms with Crippen LogP contribution in [0.25, 0.3) is 0 Å². The molecule has 1 aromatic carbocycles. The van der Waals surface area contributed by atoms with Gasteiger partial charge in [-0.15, -0.1) is 0 Å². The second-order valence-corrected chi connectivity index (χ2v) is 5.86. The molecule has 1 aliphatic carbocycles. The van der Waals surface area contributed by atoms with Gasteiger partial charge in [-0.2, -0.15) is 0 Å². The summed E-state index contributed by atoms with van der Waals surface area (Å²) < 4.78 is 1.04. The molecule has 1 atom stereocenters. The lowest BCUT2D eigenvalue weighted by Crippen LogP contribution is -2.23. The van der Waals surface area contributed by atoms with Crippen molar-refractivity contribution in [2.24, 2.45) is 5.92 Å². The number of halogens is 2. The quantitative estimate of drug-likeness (QED) is 0.860. The number of rotatable bonds is 4. The van der Waals surface area contributed by atoms with E-state index in [2.05, 4.69) is 33.4 Å². The van der Waals surface area contributed by atoms with Gasteiger partial charge in [0.05, 0.1) is 0 Å². The lowest BCUT2D eigenvalue weighted by Gasteiger charge is -2.30. The van der Waals surface area contributed by atoms with Gasteiger partial charge in [-0.05, 0) is 37.1 Å². The van der Waals surface area contributed by atoms with Crippen molar-refractivity contribution in [1.29, 1.82) is 0 Å². The van der Waals surface area contributed by atoms with E-state index in [-0.39, 0.29) is 0 Å². The second-order valence-electron chi connectivity index (χ2n) is 4.54. The first-order valence-corrected chi connectivity index (χ1v) is 7.00. The lowest BCUT2D eigenvalue weighted by atomic mass is 9.79. The Bertz CT molecular complexity index is 363. The van der Waals surface area contributed by atoms with Gasteiger partial charge in [0.25, 0.3) is 0 Å². The molecule has 0 aliphatic heterocycles. The molecule has 0 aromatic heterocycles. The van der Waals surface area contributed by atoms with E-state index < -0.39 is 0 Å². The molecule has 0 radical (unpaired) electrons. The highest BCUT2D eigenvalue weighted by atomic mass is 79.9. The van der Waals surface area contributed by atoms with Crippen molar-refractivity contribution >= 4 is 27.5 Å². The molecule has 1 fully saturated rings. The van der Waals surface area contributed by atoms with Crippen LogP contribution < -0.4 is 5.32 Å². The van der Waals surface area contributed by atoms with Crippen molar-refractivity contribution in [1.82, 2.24) is 5.32 Å². The average Bonchev–Trinajstić information content (AvgIpc) is 2.18. The zero-order valence-electron chi connectivity index (χ0n) is 9.47. The molecule has 1 nitrogen and oxygen atoms in total. The van der Waals surface area contributed by atoms with Crippen LogP contribution in [0.15, 0.2) is 22.7 Å². The largest absolute Gasteiger partial charge is 0.313 e. The fourth-order valence-electron chi connectivity index (χ4n) is 2.25. The molecule has 2 rings (SSSR count). The molecule has 1 N–H and O–H groups in total. The highest BCUT2D eigenvalue weighted by molar-refractivity contribution is 9.10. The van der Waals surface area contributed by atoms with Crippen LogP contribution in [0.3, 0.4) is 0 Å². The predicted octanol–water partition coefficient (Wildman–Crippen LogP) is 4.55. The predicted molar refractivity (Wildman–Crippen MR) is 72.9 cm³/mol. The molecule has 1 aromatic rings. The molecule has 3 heteroatoms. The maximum Gasteiger partial charge on any atom is 0.0465 e. The summed E-state index contributed by atoms with van der Waals surface area (Å²) in [4.78, 5) is 0. The molecule has 0 heterocycles. The molecule has 16 heavy (non-hydrogen) atoms. The Morgan fingerprint density at radius 3 is 2.75 bits per heavy atom. The van der Waals surface area contributed by atoms with Gasteiger partial charge < -0.3 is 5.32 Å². The van der Waals surface area contributed by atoms with Crippen LogP contribution in [0, 0.1) is 5.92 Å². The van der Waals surface area contributed by atoms with Gasteiger partial charge in [-0.25, -0.2) is 0 Å². The third-order valence-electron chi connectivity index (χ3n) is 3.48. The number of nitrogens with one attached hydrogen (secondary N) is 1. The summed E-state index contributed by atoms with van der Waals surface area (Å²) >= 11 is 9.72. The maximum atomic E-state index is 6.28. The molecule has 1 saturated carbocycles. The molecule has 0 saturated heterocycles. The molecular weight excluding hydrogens is 286 g/mol. The minimum Gasteiger partial charge on any atom is -0.313 e. The number of hydrogen-bond donors (Lipinski definition) is 1. The van der Waals surface area contributed by atoms with Crippen LogP contribution in [0.4, 0.5) is 0 Å². The summed E-state index contributed by atoms with van der Waals surface area (Å²) in [5.74, 6) is 0.886. The Balaban J connectivity index is 2.11. The van der Waals surface area contributed by atoms with Crippen LogP contribution in [0.1, 0.15) is 37.3 Å². The molecule has 0 bridgehead atoms. The fraction of sp³-hybridized carbons (Fsp3) is 0.538. The van der Waals surface area contributed by atoms with E-state index in [4.69, 9.17) is 11.6 Å². The Hall–Kier alpha value is -0.0500. The van der Waals surface area contributed by atoms with Crippen LogP contribution >= 0.6 is 27.5 Å². The van der Waals surface area contributed by atoms with Gasteiger partial charge in [0.1, 0.15) is 0 Å². The summed E-state index contributed by atoms with van der Waals surface area (Å²) in [6, 6.07) is 6.55. The zero-order chi connectivity index (χ0) is 11.5. The van der Waals surface area contributed by atoms with Crippen molar-refractivity contribution in [3.63, 3.8) is 0 Å². The average molecular weight is 303 g/mol. The monoisotopic (exact) mass is 301 g/mol. The van der Waals surface area contributed by atoms with Gasteiger partial charge in [0.2, 0.25) is 0 Å². The summed E-state index contributed by atoms with van der Waals surface area (Å²) in [6.07, 6.45) is 5.37. The van der Waals surface area contributed by atoms with E-state index in [1.807, 2.05) is 13.1 Å². The first-order chi connectivity index (χ1) is 7.70. The van der Waals surface area contributed by atoms with Crippen molar-refractivity contribution in [2.75, 3.05) is 7.05 Å². The molecule has 1 aliphatic rings. The normalized spacial score (nSPS) is 18.2. The van der Waals surface area contributed by atoms with E-state index >= 15 is 0 Å². The van der Waals surface area contributed by atoms with E-state index in [1.54, 1.807) is 0 Å². The van der Waals surface area contributed by atoms with Gasteiger partial charge >= 0.3 is 0 Å². The Kier molecular flexibility index (Phi) is 4.28. The highest BCUT2D eigenvalue weighted by Crippen LogP contribution is 2.36. The maximum absolute atomic E-state index is 6.28. The second kappa shape index (κ2) is 5.52. The van der Waals surface area contributed by atoms with E-state index in [0.29, 0.717) is 6.04 Å². The van der Waals surface area contributed by atoms with E-state index in [1.165, 1.54) is 31.2 Å². The SMILES string of the molecule is CNC(CC1CCC1)c1ccc(Br)cc1Cl. The summed E-state index contributed by atoms with van der Waals surface area (Å²) in [5, 5.41) is 4.23. The third-order valence-corrected chi connectivity index (χ3v) is 4.30. The third kappa shape index (κ3) is 2.79. The van der Waals surface area contributed by atoms with Gasteiger partial charge in [-0.3, -0.25) is 0 Å². The molecule has 0 spiro atoms. The van der Waals surface area contributed by atoms with Gasteiger partial charge in [0, 0.05) is 15.5 Å². The number of benzene rings is 1. The molecule has 88 valence electrons. The van der Waals surface area contributed by atoms with Crippen LogP contribution in [0.5, 0.6) is 0 Å². The van der Waals surface area contributed by atoms with E-state index in [9.17, 15) is 0 Å².